The van der Waals surface area contributed by atoms with Gasteiger partial charge in [-0.15, -0.1) is 0 Å². The van der Waals surface area contributed by atoms with Crippen LogP contribution >= 0.6 is 23.2 Å². The summed E-state index contributed by atoms with van der Waals surface area (Å²) in [5, 5.41) is 11.5. The standard InChI is InChI=1S/C13H9Cl2FN2O3/c1-21-6-2-3-9(8(16)4-6)18-11-7(13(19)20)5-17-12(15)10(11)14/h2-5H,1H3,(H,17,18)(H,19,20). The average Bonchev–Trinajstić information content (AvgIpc) is 2.45. The van der Waals surface area contributed by atoms with Crippen LogP contribution in [0.15, 0.2) is 24.4 Å². The topological polar surface area (TPSA) is 71.5 Å². The van der Waals surface area contributed by atoms with E-state index in [-0.39, 0.29) is 27.1 Å². The molecule has 0 saturated carbocycles. The fourth-order valence-electron chi connectivity index (χ4n) is 1.61. The quantitative estimate of drug-likeness (QED) is 0.829. The molecule has 2 aromatic rings. The van der Waals surface area contributed by atoms with Gasteiger partial charge in [-0.1, -0.05) is 23.2 Å². The number of aromatic nitrogens is 1. The monoisotopic (exact) mass is 330 g/mol. The summed E-state index contributed by atoms with van der Waals surface area (Å²) in [6.07, 6.45) is 1.04. The number of pyridine rings is 1. The van der Waals surface area contributed by atoms with Crippen molar-refractivity contribution in [1.29, 1.82) is 0 Å². The first-order valence-corrected chi connectivity index (χ1v) is 6.37. The minimum absolute atomic E-state index is 0.0301. The van der Waals surface area contributed by atoms with E-state index in [4.69, 9.17) is 33.0 Å². The van der Waals surface area contributed by atoms with Crippen molar-refractivity contribution in [3.05, 3.63) is 46.0 Å². The number of carbonyl (C=O) groups is 1. The Hall–Kier alpha value is -2.05. The molecule has 2 rings (SSSR count). The first-order valence-electron chi connectivity index (χ1n) is 5.62. The van der Waals surface area contributed by atoms with Crippen LogP contribution in [0.1, 0.15) is 10.4 Å². The summed E-state index contributed by atoms with van der Waals surface area (Å²) in [5.41, 5.74) is -0.227. The van der Waals surface area contributed by atoms with E-state index in [9.17, 15) is 9.18 Å². The molecule has 0 aliphatic carbocycles. The van der Waals surface area contributed by atoms with Gasteiger partial charge in [0.05, 0.1) is 18.5 Å². The van der Waals surface area contributed by atoms with Crippen LogP contribution in [-0.4, -0.2) is 23.2 Å². The number of nitrogens with one attached hydrogen (secondary N) is 1. The number of aromatic carboxylic acids is 1. The third kappa shape index (κ3) is 3.17. The van der Waals surface area contributed by atoms with Crippen LogP contribution in [0.4, 0.5) is 15.8 Å². The maximum Gasteiger partial charge on any atom is 0.339 e. The molecular weight excluding hydrogens is 322 g/mol. The average molecular weight is 331 g/mol. The molecule has 1 heterocycles. The molecule has 0 fully saturated rings. The molecule has 2 N–H and O–H groups in total. The lowest BCUT2D eigenvalue weighted by Gasteiger charge is -2.13. The minimum Gasteiger partial charge on any atom is -0.497 e. The highest BCUT2D eigenvalue weighted by Crippen LogP contribution is 2.34. The summed E-state index contributed by atoms with van der Waals surface area (Å²) >= 11 is 11.7. The molecule has 110 valence electrons. The van der Waals surface area contributed by atoms with Gasteiger partial charge in [-0.25, -0.2) is 14.2 Å². The van der Waals surface area contributed by atoms with Crippen molar-refractivity contribution in [3.8, 4) is 5.75 Å². The van der Waals surface area contributed by atoms with E-state index in [0.717, 1.165) is 12.3 Å². The molecule has 1 aromatic carbocycles. The van der Waals surface area contributed by atoms with Gasteiger partial charge in [-0.2, -0.15) is 0 Å². The van der Waals surface area contributed by atoms with Gasteiger partial charge in [0.2, 0.25) is 0 Å². The number of carboxylic acid groups (broad SMARTS) is 1. The lowest BCUT2D eigenvalue weighted by Crippen LogP contribution is -2.06. The summed E-state index contributed by atoms with van der Waals surface area (Å²) in [6, 6.07) is 4.06. The van der Waals surface area contributed by atoms with Crippen LogP contribution in [0.25, 0.3) is 0 Å². The molecule has 0 amide bonds. The van der Waals surface area contributed by atoms with E-state index >= 15 is 0 Å². The molecule has 0 bridgehead atoms. The molecule has 0 spiro atoms. The Morgan fingerprint density at radius 2 is 2.14 bits per heavy atom. The van der Waals surface area contributed by atoms with Crippen molar-refractivity contribution >= 4 is 40.5 Å². The maximum absolute atomic E-state index is 13.9. The SMILES string of the molecule is COc1ccc(Nc2c(C(=O)O)cnc(Cl)c2Cl)c(F)c1. The second-order valence-electron chi connectivity index (χ2n) is 3.93. The highest BCUT2D eigenvalue weighted by Gasteiger charge is 2.18. The van der Waals surface area contributed by atoms with Crippen LogP contribution in [0.3, 0.4) is 0 Å². The van der Waals surface area contributed by atoms with Gasteiger partial charge in [-0.05, 0) is 12.1 Å². The van der Waals surface area contributed by atoms with Gasteiger partial charge in [0.15, 0.2) is 0 Å². The molecule has 0 radical (unpaired) electrons. The summed E-state index contributed by atoms with van der Waals surface area (Å²) < 4.78 is 18.8. The van der Waals surface area contributed by atoms with Crippen molar-refractivity contribution in [1.82, 2.24) is 4.98 Å². The first kappa shape index (κ1) is 15.3. The molecule has 21 heavy (non-hydrogen) atoms. The van der Waals surface area contributed by atoms with Gasteiger partial charge in [0, 0.05) is 12.3 Å². The number of nitrogens with zero attached hydrogens (tertiary/aromatic N) is 1. The molecule has 0 aliphatic heterocycles. The first-order chi connectivity index (χ1) is 9.93. The zero-order chi connectivity index (χ0) is 15.6. The van der Waals surface area contributed by atoms with Gasteiger partial charge < -0.3 is 15.2 Å². The van der Waals surface area contributed by atoms with E-state index in [0.29, 0.717) is 5.75 Å². The zero-order valence-electron chi connectivity index (χ0n) is 10.7. The number of hydrogen-bond acceptors (Lipinski definition) is 4. The number of benzene rings is 1. The maximum atomic E-state index is 13.9. The van der Waals surface area contributed by atoms with Crippen LogP contribution in [0, 0.1) is 5.82 Å². The Kier molecular flexibility index (Phi) is 4.50. The van der Waals surface area contributed by atoms with E-state index in [2.05, 4.69) is 10.3 Å². The Balaban J connectivity index is 2.48. The number of ether oxygens (including phenoxy) is 1. The number of anilines is 2. The molecule has 0 saturated heterocycles. The van der Waals surface area contributed by atoms with Crippen molar-refractivity contribution in [2.75, 3.05) is 12.4 Å². The number of hydrogen-bond donors (Lipinski definition) is 2. The van der Waals surface area contributed by atoms with E-state index in [1.165, 1.54) is 19.2 Å². The lowest BCUT2D eigenvalue weighted by atomic mass is 10.2. The van der Waals surface area contributed by atoms with Gasteiger partial charge in [-0.3, -0.25) is 0 Å². The Morgan fingerprint density at radius 3 is 2.71 bits per heavy atom. The van der Waals surface area contributed by atoms with Crippen molar-refractivity contribution in [3.63, 3.8) is 0 Å². The number of methoxy groups -OCH3 is 1. The Bertz CT molecular complexity index is 710. The highest BCUT2D eigenvalue weighted by atomic mass is 35.5. The molecule has 0 unspecified atom stereocenters. The second-order valence-corrected chi connectivity index (χ2v) is 4.66. The number of rotatable bonds is 4. The van der Waals surface area contributed by atoms with Gasteiger partial charge in [0.1, 0.15) is 27.3 Å². The smallest absolute Gasteiger partial charge is 0.339 e. The predicted molar refractivity (Wildman–Crippen MR) is 77.5 cm³/mol. The predicted octanol–water partition coefficient (Wildman–Crippen LogP) is 3.98. The molecule has 0 atom stereocenters. The molecule has 0 aliphatic rings. The summed E-state index contributed by atoms with van der Waals surface area (Å²) in [4.78, 5) is 14.8. The van der Waals surface area contributed by atoms with Crippen molar-refractivity contribution in [2.45, 2.75) is 0 Å². The van der Waals surface area contributed by atoms with Crippen LogP contribution in [-0.2, 0) is 0 Å². The third-order valence-electron chi connectivity index (χ3n) is 2.64. The summed E-state index contributed by atoms with van der Waals surface area (Å²) in [6.45, 7) is 0. The zero-order valence-corrected chi connectivity index (χ0v) is 12.2. The highest BCUT2D eigenvalue weighted by molar-refractivity contribution is 6.43. The van der Waals surface area contributed by atoms with Crippen LogP contribution in [0.5, 0.6) is 5.75 Å². The van der Waals surface area contributed by atoms with E-state index in [1.54, 1.807) is 0 Å². The van der Waals surface area contributed by atoms with Crippen molar-refractivity contribution in [2.24, 2.45) is 0 Å². The van der Waals surface area contributed by atoms with Gasteiger partial charge in [0.25, 0.3) is 0 Å². The largest absolute Gasteiger partial charge is 0.497 e. The van der Waals surface area contributed by atoms with Crippen molar-refractivity contribution < 1.29 is 19.0 Å². The Morgan fingerprint density at radius 1 is 1.43 bits per heavy atom. The molecular formula is C13H9Cl2FN2O3. The van der Waals surface area contributed by atoms with Crippen LogP contribution in [0.2, 0.25) is 10.2 Å². The molecule has 1 aromatic heterocycles. The minimum atomic E-state index is -1.27. The fourth-order valence-corrected chi connectivity index (χ4v) is 1.95. The van der Waals surface area contributed by atoms with Gasteiger partial charge >= 0.3 is 5.97 Å². The number of halogens is 3. The summed E-state index contributed by atoms with van der Waals surface area (Å²) in [7, 11) is 1.41. The Labute approximate surface area is 129 Å². The number of carboxylic acids is 1. The molecule has 5 nitrogen and oxygen atoms in total. The van der Waals surface area contributed by atoms with E-state index < -0.39 is 11.8 Å². The normalized spacial score (nSPS) is 10.3. The van der Waals surface area contributed by atoms with Crippen LogP contribution < -0.4 is 10.1 Å². The fraction of sp³-hybridized carbons (Fsp3) is 0.0769. The van der Waals surface area contributed by atoms with E-state index in [1.807, 2.05) is 0 Å². The third-order valence-corrected chi connectivity index (χ3v) is 3.39. The summed E-state index contributed by atoms with van der Waals surface area (Å²) in [5.74, 6) is -1.57. The second kappa shape index (κ2) is 6.15. The molecule has 8 heteroatoms. The lowest BCUT2D eigenvalue weighted by molar-refractivity contribution is 0.0697.